The van der Waals surface area contributed by atoms with Gasteiger partial charge in [0.25, 0.3) is 11.6 Å². The highest BCUT2D eigenvalue weighted by Gasteiger charge is 2.16. The van der Waals surface area contributed by atoms with Gasteiger partial charge in [0.1, 0.15) is 5.69 Å². The summed E-state index contributed by atoms with van der Waals surface area (Å²) in [5.41, 5.74) is 0.513. The molecule has 1 aromatic heterocycles. The summed E-state index contributed by atoms with van der Waals surface area (Å²) >= 11 is 4.86. The molecule has 0 radical (unpaired) electrons. The average Bonchev–Trinajstić information content (AvgIpc) is 2.89. The largest absolute Gasteiger partial charge is 0.383 e. The van der Waals surface area contributed by atoms with Crippen LogP contribution in [0.3, 0.4) is 0 Å². The first-order valence-electron chi connectivity index (χ1n) is 5.98. The second-order valence-corrected chi connectivity index (χ2v) is 6.06. The Morgan fingerprint density at radius 2 is 2.19 bits per heavy atom. The molecule has 8 heteroatoms. The molecule has 2 rings (SSSR count). The number of nitrogens with zero attached hydrogens (tertiary/aromatic N) is 1. The minimum absolute atomic E-state index is 0.121. The lowest BCUT2D eigenvalue weighted by atomic mass is 10.1. The second kappa shape index (κ2) is 6.68. The Labute approximate surface area is 133 Å². The van der Waals surface area contributed by atoms with Gasteiger partial charge in [0.15, 0.2) is 0 Å². The van der Waals surface area contributed by atoms with Crippen LogP contribution in [0.2, 0.25) is 0 Å². The monoisotopic (exact) mass is 369 g/mol. The maximum absolute atomic E-state index is 12.0. The van der Waals surface area contributed by atoms with Crippen molar-refractivity contribution < 1.29 is 9.72 Å². The first-order valence-corrected chi connectivity index (χ1v) is 7.66. The summed E-state index contributed by atoms with van der Waals surface area (Å²) < 4.78 is 0.964. The number of nitro groups is 1. The Kier molecular flexibility index (Phi) is 4.92. The Morgan fingerprint density at radius 1 is 1.43 bits per heavy atom. The fraction of sp³-hybridized carbons (Fsp3) is 0.154. The number of nitro benzene ring substituents is 1. The maximum Gasteiger partial charge on any atom is 0.293 e. The van der Waals surface area contributed by atoms with E-state index in [1.54, 1.807) is 13.1 Å². The van der Waals surface area contributed by atoms with Gasteiger partial charge in [0.2, 0.25) is 0 Å². The Balaban J connectivity index is 2.12. The predicted octanol–water partition coefficient (Wildman–Crippen LogP) is 3.39. The number of carbonyl (C=O) groups excluding carboxylic acids is 1. The number of nitrogens with one attached hydrogen (secondary N) is 2. The van der Waals surface area contributed by atoms with Crippen LogP contribution in [0.25, 0.3) is 0 Å². The zero-order valence-corrected chi connectivity index (χ0v) is 13.5. The molecule has 1 heterocycles. The summed E-state index contributed by atoms with van der Waals surface area (Å²) in [4.78, 5) is 23.5. The molecule has 0 aliphatic heterocycles. The Hall–Kier alpha value is -1.93. The number of carbonyl (C=O) groups is 1. The number of hydrogen-bond donors (Lipinski definition) is 2. The van der Waals surface area contributed by atoms with Gasteiger partial charge in [-0.25, -0.2) is 0 Å². The molecule has 6 nitrogen and oxygen atoms in total. The van der Waals surface area contributed by atoms with E-state index in [9.17, 15) is 14.9 Å². The molecule has 2 aromatic rings. The number of hydrogen-bond acceptors (Lipinski definition) is 5. The summed E-state index contributed by atoms with van der Waals surface area (Å²) in [5, 5.41) is 18.4. The van der Waals surface area contributed by atoms with Gasteiger partial charge in [-0.3, -0.25) is 14.9 Å². The predicted molar refractivity (Wildman–Crippen MR) is 85.8 cm³/mol. The molecule has 0 spiro atoms. The molecule has 0 fully saturated rings. The Morgan fingerprint density at radius 3 is 2.76 bits per heavy atom. The minimum atomic E-state index is -0.515. The highest BCUT2D eigenvalue weighted by molar-refractivity contribution is 9.10. The summed E-state index contributed by atoms with van der Waals surface area (Å²) in [6.45, 7) is 0.386. The molecule has 0 aliphatic rings. The van der Waals surface area contributed by atoms with Crippen LogP contribution in [-0.2, 0) is 6.54 Å². The van der Waals surface area contributed by atoms with Gasteiger partial charge in [-0.15, -0.1) is 11.3 Å². The first kappa shape index (κ1) is 15.5. The van der Waals surface area contributed by atoms with Gasteiger partial charge < -0.3 is 10.6 Å². The summed E-state index contributed by atoms with van der Waals surface area (Å²) in [6.07, 6.45) is 0. The molecule has 0 bridgehead atoms. The van der Waals surface area contributed by atoms with Gasteiger partial charge in [0, 0.05) is 33.4 Å². The van der Waals surface area contributed by atoms with Crippen LogP contribution in [-0.4, -0.2) is 17.9 Å². The molecule has 1 amide bonds. The van der Waals surface area contributed by atoms with E-state index in [4.69, 9.17) is 0 Å². The number of thiophene rings is 1. The smallest absolute Gasteiger partial charge is 0.293 e. The maximum atomic E-state index is 12.0. The van der Waals surface area contributed by atoms with Crippen molar-refractivity contribution in [3.05, 3.63) is 54.7 Å². The minimum Gasteiger partial charge on any atom is -0.383 e. The zero-order valence-electron chi connectivity index (χ0n) is 11.1. The Bertz CT molecular complexity index is 687. The standard InChI is InChI=1S/C13H12BrN3O3S/c1-15-11-3-2-8(4-12(11)17(19)20)13(18)16-6-10-5-9(14)7-21-10/h2-5,7,15H,6H2,1H3,(H,16,18). The molecule has 2 N–H and O–H groups in total. The van der Waals surface area contributed by atoms with Crippen molar-refractivity contribution in [1.82, 2.24) is 5.32 Å². The molecular formula is C13H12BrN3O3S. The van der Waals surface area contributed by atoms with Crippen molar-refractivity contribution in [2.24, 2.45) is 0 Å². The summed E-state index contributed by atoms with van der Waals surface area (Å²) in [7, 11) is 1.59. The number of amides is 1. The van der Waals surface area contributed by atoms with Crippen molar-refractivity contribution in [2.75, 3.05) is 12.4 Å². The lowest BCUT2D eigenvalue weighted by Crippen LogP contribution is -2.22. The van der Waals surface area contributed by atoms with Gasteiger partial charge in [-0.2, -0.15) is 0 Å². The van der Waals surface area contributed by atoms with E-state index in [-0.39, 0.29) is 17.2 Å². The lowest BCUT2D eigenvalue weighted by Gasteiger charge is -2.06. The SMILES string of the molecule is CNc1ccc(C(=O)NCc2cc(Br)cs2)cc1[N+](=O)[O-]. The van der Waals surface area contributed by atoms with Crippen LogP contribution in [0, 0.1) is 10.1 Å². The summed E-state index contributed by atoms with van der Waals surface area (Å²) in [5.74, 6) is -0.342. The van der Waals surface area contributed by atoms with Crippen LogP contribution in [0.15, 0.2) is 34.1 Å². The first-order chi connectivity index (χ1) is 10.0. The zero-order chi connectivity index (χ0) is 15.4. The molecule has 0 saturated heterocycles. The van der Waals surface area contributed by atoms with Crippen LogP contribution < -0.4 is 10.6 Å². The molecule has 0 saturated carbocycles. The van der Waals surface area contributed by atoms with Gasteiger partial charge in [-0.1, -0.05) is 0 Å². The van der Waals surface area contributed by atoms with Crippen LogP contribution >= 0.6 is 27.3 Å². The van der Waals surface area contributed by atoms with Gasteiger partial charge in [-0.05, 0) is 34.1 Å². The van der Waals surface area contributed by atoms with E-state index >= 15 is 0 Å². The third kappa shape index (κ3) is 3.79. The van der Waals surface area contributed by atoms with E-state index in [0.29, 0.717) is 12.2 Å². The lowest BCUT2D eigenvalue weighted by molar-refractivity contribution is -0.384. The topological polar surface area (TPSA) is 84.3 Å². The third-order valence-corrected chi connectivity index (χ3v) is 4.47. The summed E-state index contributed by atoms with van der Waals surface area (Å²) in [6, 6.07) is 6.26. The van der Waals surface area contributed by atoms with Crippen molar-refractivity contribution in [2.45, 2.75) is 6.54 Å². The number of benzene rings is 1. The third-order valence-electron chi connectivity index (χ3n) is 2.77. The molecular weight excluding hydrogens is 358 g/mol. The van der Waals surface area contributed by atoms with Crippen molar-refractivity contribution in [3.8, 4) is 0 Å². The van der Waals surface area contributed by atoms with Crippen LogP contribution in [0.4, 0.5) is 11.4 Å². The molecule has 0 aliphatic carbocycles. The quantitative estimate of drug-likeness (QED) is 0.624. The molecule has 0 atom stereocenters. The molecule has 0 unspecified atom stereocenters. The van der Waals surface area contributed by atoms with E-state index in [0.717, 1.165) is 9.35 Å². The van der Waals surface area contributed by atoms with Crippen molar-refractivity contribution in [3.63, 3.8) is 0 Å². The van der Waals surface area contributed by atoms with E-state index < -0.39 is 4.92 Å². The van der Waals surface area contributed by atoms with Crippen molar-refractivity contribution in [1.29, 1.82) is 0 Å². The molecule has 21 heavy (non-hydrogen) atoms. The van der Waals surface area contributed by atoms with E-state index in [2.05, 4.69) is 26.6 Å². The van der Waals surface area contributed by atoms with Crippen LogP contribution in [0.5, 0.6) is 0 Å². The van der Waals surface area contributed by atoms with Crippen molar-refractivity contribution >= 4 is 44.5 Å². The molecule has 110 valence electrons. The van der Waals surface area contributed by atoms with Gasteiger partial charge >= 0.3 is 0 Å². The van der Waals surface area contributed by atoms with E-state index in [1.807, 2.05) is 11.4 Å². The van der Waals surface area contributed by atoms with E-state index in [1.165, 1.54) is 23.5 Å². The number of anilines is 1. The number of halogens is 1. The second-order valence-electron chi connectivity index (χ2n) is 4.15. The normalized spacial score (nSPS) is 10.2. The van der Waals surface area contributed by atoms with Crippen LogP contribution in [0.1, 0.15) is 15.2 Å². The molecule has 1 aromatic carbocycles. The average molecular weight is 370 g/mol. The highest BCUT2D eigenvalue weighted by Crippen LogP contribution is 2.25. The fourth-order valence-corrected chi connectivity index (χ4v) is 3.14. The van der Waals surface area contributed by atoms with Gasteiger partial charge in [0.05, 0.1) is 11.5 Å². The number of rotatable bonds is 5. The fourth-order valence-electron chi connectivity index (χ4n) is 1.75. The highest BCUT2D eigenvalue weighted by atomic mass is 79.9.